The highest BCUT2D eigenvalue weighted by Crippen LogP contribution is 2.15. The van der Waals surface area contributed by atoms with E-state index < -0.39 is 5.97 Å². The number of hydrogen-bond donors (Lipinski definition) is 3. The molecule has 0 bridgehead atoms. The molecule has 0 saturated heterocycles. The number of hydrogen-bond acceptors (Lipinski definition) is 4. The van der Waals surface area contributed by atoms with Gasteiger partial charge in [0.2, 0.25) is 11.8 Å². The smallest absolute Gasteiger partial charge is 0.345 e. The lowest BCUT2D eigenvalue weighted by Gasteiger charge is -2.04. The van der Waals surface area contributed by atoms with Gasteiger partial charge in [-0.05, 0) is 18.6 Å². The lowest BCUT2D eigenvalue weighted by Crippen LogP contribution is -2.27. The molecule has 0 spiro atoms. The van der Waals surface area contributed by atoms with Gasteiger partial charge in [0.05, 0.1) is 6.54 Å². The van der Waals surface area contributed by atoms with Crippen LogP contribution in [0.5, 0.6) is 0 Å². The average Bonchev–Trinajstić information content (AvgIpc) is 2.89. The van der Waals surface area contributed by atoms with Gasteiger partial charge in [0.25, 0.3) is 0 Å². The minimum atomic E-state index is -0.972. The number of aromatic carboxylic acids is 1. The lowest BCUT2D eigenvalue weighted by molar-refractivity contribution is -0.126. The number of rotatable bonds is 8. The van der Waals surface area contributed by atoms with Gasteiger partial charge in [0, 0.05) is 24.3 Å². The Morgan fingerprint density at radius 2 is 1.80 bits per heavy atom. The largest absolute Gasteiger partial charge is 0.477 e. The molecule has 0 atom stereocenters. The molecule has 0 unspecified atom stereocenters. The molecule has 0 aliphatic rings. The second kappa shape index (κ2) is 8.31. The minimum Gasteiger partial charge on any atom is -0.477 e. The highest BCUT2D eigenvalue weighted by Gasteiger charge is 2.09. The third kappa shape index (κ3) is 5.83. The predicted octanol–water partition coefficient (Wildman–Crippen LogP) is 1.37. The number of thiophene rings is 1. The first-order valence-electron chi connectivity index (χ1n) is 6.38. The standard InChI is InChI=1S/C13H18N2O4S/c1-2-7-14-11(16)5-6-12(17)15-8-9-3-4-10(20-9)13(18)19/h3-4H,2,5-8H2,1H3,(H,14,16)(H,15,17)(H,18,19). The number of carboxylic acids is 1. The van der Waals surface area contributed by atoms with Gasteiger partial charge in [-0.3, -0.25) is 9.59 Å². The van der Waals surface area contributed by atoms with E-state index in [2.05, 4.69) is 10.6 Å². The van der Waals surface area contributed by atoms with E-state index in [9.17, 15) is 14.4 Å². The summed E-state index contributed by atoms with van der Waals surface area (Å²) >= 11 is 1.12. The highest BCUT2D eigenvalue weighted by molar-refractivity contribution is 7.13. The highest BCUT2D eigenvalue weighted by atomic mass is 32.1. The van der Waals surface area contributed by atoms with Gasteiger partial charge < -0.3 is 15.7 Å². The van der Waals surface area contributed by atoms with Crippen molar-refractivity contribution >= 4 is 29.1 Å². The summed E-state index contributed by atoms with van der Waals surface area (Å²) in [4.78, 5) is 34.5. The first-order chi connectivity index (χ1) is 9.52. The molecule has 1 rings (SSSR count). The Labute approximate surface area is 121 Å². The van der Waals surface area contributed by atoms with Crippen LogP contribution in [0.1, 0.15) is 40.7 Å². The van der Waals surface area contributed by atoms with Crippen molar-refractivity contribution in [1.29, 1.82) is 0 Å². The molecule has 6 nitrogen and oxygen atoms in total. The third-order valence-electron chi connectivity index (χ3n) is 2.48. The van der Waals surface area contributed by atoms with Crippen molar-refractivity contribution in [1.82, 2.24) is 10.6 Å². The average molecular weight is 298 g/mol. The van der Waals surface area contributed by atoms with Crippen molar-refractivity contribution in [3.63, 3.8) is 0 Å². The molecule has 20 heavy (non-hydrogen) atoms. The van der Waals surface area contributed by atoms with Crippen LogP contribution in [0.4, 0.5) is 0 Å². The van der Waals surface area contributed by atoms with Gasteiger partial charge >= 0.3 is 5.97 Å². The van der Waals surface area contributed by atoms with E-state index in [4.69, 9.17) is 5.11 Å². The zero-order valence-electron chi connectivity index (χ0n) is 11.3. The predicted molar refractivity (Wildman–Crippen MR) is 75.7 cm³/mol. The van der Waals surface area contributed by atoms with Crippen LogP contribution in [0.25, 0.3) is 0 Å². The molecule has 2 amide bonds. The summed E-state index contributed by atoms with van der Waals surface area (Å²) in [7, 11) is 0. The SMILES string of the molecule is CCCNC(=O)CCC(=O)NCc1ccc(C(=O)O)s1. The van der Waals surface area contributed by atoms with Crippen molar-refractivity contribution in [2.75, 3.05) is 6.54 Å². The minimum absolute atomic E-state index is 0.132. The molecular weight excluding hydrogens is 280 g/mol. The van der Waals surface area contributed by atoms with Crippen molar-refractivity contribution in [3.8, 4) is 0 Å². The quantitative estimate of drug-likeness (QED) is 0.675. The van der Waals surface area contributed by atoms with Crippen LogP contribution in [0, 0.1) is 0 Å². The van der Waals surface area contributed by atoms with Gasteiger partial charge in [0.1, 0.15) is 4.88 Å². The summed E-state index contributed by atoms with van der Waals surface area (Å²) in [5.41, 5.74) is 0. The molecule has 1 aromatic heterocycles. The fourth-order valence-electron chi connectivity index (χ4n) is 1.44. The maximum absolute atomic E-state index is 11.5. The van der Waals surface area contributed by atoms with Crippen LogP contribution in [0.15, 0.2) is 12.1 Å². The normalized spacial score (nSPS) is 10.1. The van der Waals surface area contributed by atoms with Crippen LogP contribution in [0.2, 0.25) is 0 Å². The molecule has 7 heteroatoms. The number of carbonyl (C=O) groups excluding carboxylic acids is 2. The summed E-state index contributed by atoms with van der Waals surface area (Å²) < 4.78 is 0. The van der Waals surface area contributed by atoms with E-state index >= 15 is 0 Å². The van der Waals surface area contributed by atoms with Gasteiger partial charge in [-0.15, -0.1) is 11.3 Å². The Balaban J connectivity index is 2.25. The maximum atomic E-state index is 11.5. The van der Waals surface area contributed by atoms with E-state index in [0.717, 1.165) is 22.6 Å². The number of carboxylic acid groups (broad SMARTS) is 1. The number of amides is 2. The molecule has 0 aliphatic carbocycles. The monoisotopic (exact) mass is 298 g/mol. The molecule has 0 radical (unpaired) electrons. The second-order valence-electron chi connectivity index (χ2n) is 4.20. The molecule has 0 aliphatic heterocycles. The number of nitrogens with one attached hydrogen (secondary N) is 2. The van der Waals surface area contributed by atoms with Gasteiger partial charge in [0.15, 0.2) is 0 Å². The Morgan fingerprint density at radius 1 is 1.15 bits per heavy atom. The molecular formula is C13H18N2O4S. The summed E-state index contributed by atoms with van der Waals surface area (Å²) in [5.74, 6) is -1.33. The zero-order chi connectivity index (χ0) is 15.0. The third-order valence-corrected chi connectivity index (χ3v) is 3.56. The Kier molecular flexibility index (Phi) is 6.72. The topological polar surface area (TPSA) is 95.5 Å². The summed E-state index contributed by atoms with van der Waals surface area (Å²) in [5, 5.41) is 14.1. The van der Waals surface area contributed by atoms with E-state index in [-0.39, 0.29) is 36.1 Å². The van der Waals surface area contributed by atoms with Crippen LogP contribution >= 0.6 is 11.3 Å². The Hall–Kier alpha value is -1.89. The number of carbonyl (C=O) groups is 3. The molecule has 3 N–H and O–H groups in total. The molecule has 1 heterocycles. The van der Waals surface area contributed by atoms with Crippen molar-refractivity contribution in [2.45, 2.75) is 32.7 Å². The van der Waals surface area contributed by atoms with Crippen molar-refractivity contribution < 1.29 is 19.5 Å². The van der Waals surface area contributed by atoms with E-state index in [0.29, 0.717) is 6.54 Å². The van der Waals surface area contributed by atoms with Crippen molar-refractivity contribution in [2.24, 2.45) is 0 Å². The van der Waals surface area contributed by atoms with Crippen LogP contribution in [-0.4, -0.2) is 29.4 Å². The molecule has 1 aromatic rings. The second-order valence-corrected chi connectivity index (χ2v) is 5.37. The zero-order valence-corrected chi connectivity index (χ0v) is 12.1. The van der Waals surface area contributed by atoms with Crippen molar-refractivity contribution in [3.05, 3.63) is 21.9 Å². The molecule has 0 fully saturated rings. The van der Waals surface area contributed by atoms with Gasteiger partial charge in [-0.2, -0.15) is 0 Å². The summed E-state index contributed by atoms with van der Waals surface area (Å²) in [6.45, 7) is 2.86. The fraction of sp³-hybridized carbons (Fsp3) is 0.462. The van der Waals surface area contributed by atoms with Gasteiger partial charge in [-0.1, -0.05) is 6.92 Å². The summed E-state index contributed by atoms with van der Waals surface area (Å²) in [6, 6.07) is 3.18. The molecule has 0 saturated carbocycles. The fourth-order valence-corrected chi connectivity index (χ4v) is 2.23. The van der Waals surface area contributed by atoms with E-state index in [1.54, 1.807) is 6.07 Å². The Bertz CT molecular complexity index is 484. The van der Waals surface area contributed by atoms with Crippen LogP contribution < -0.4 is 10.6 Å². The summed E-state index contributed by atoms with van der Waals surface area (Å²) in [6.07, 6.45) is 1.16. The maximum Gasteiger partial charge on any atom is 0.345 e. The van der Waals surface area contributed by atoms with E-state index in [1.807, 2.05) is 6.92 Å². The molecule has 0 aromatic carbocycles. The first kappa shape index (κ1) is 16.2. The van der Waals surface area contributed by atoms with Gasteiger partial charge in [-0.25, -0.2) is 4.79 Å². The van der Waals surface area contributed by atoms with E-state index in [1.165, 1.54) is 6.07 Å². The van der Waals surface area contributed by atoms with Crippen LogP contribution in [-0.2, 0) is 16.1 Å². The van der Waals surface area contributed by atoms with Crippen LogP contribution in [0.3, 0.4) is 0 Å². The lowest BCUT2D eigenvalue weighted by atomic mass is 10.2. The Morgan fingerprint density at radius 3 is 2.35 bits per heavy atom. The first-order valence-corrected chi connectivity index (χ1v) is 7.20. The molecule has 110 valence electrons.